The van der Waals surface area contributed by atoms with Crippen molar-refractivity contribution in [1.29, 1.82) is 0 Å². The predicted molar refractivity (Wildman–Crippen MR) is 89.8 cm³/mol. The first-order chi connectivity index (χ1) is 11.1. The maximum Gasteiger partial charge on any atom is 0.308 e. The van der Waals surface area contributed by atoms with Gasteiger partial charge in [0.25, 0.3) is 0 Å². The van der Waals surface area contributed by atoms with Gasteiger partial charge in [-0.05, 0) is 31.0 Å². The fourth-order valence-electron chi connectivity index (χ4n) is 3.73. The van der Waals surface area contributed by atoms with Crippen molar-refractivity contribution in [3.8, 4) is 0 Å². The van der Waals surface area contributed by atoms with Crippen LogP contribution in [0.3, 0.4) is 0 Å². The Bertz CT molecular complexity index is 561. The van der Waals surface area contributed by atoms with E-state index in [1.165, 1.54) is 7.11 Å². The van der Waals surface area contributed by atoms with Gasteiger partial charge in [-0.15, -0.1) is 0 Å². The van der Waals surface area contributed by atoms with Crippen molar-refractivity contribution in [3.63, 3.8) is 0 Å². The summed E-state index contributed by atoms with van der Waals surface area (Å²) in [4.78, 5) is 16.3. The molecule has 23 heavy (non-hydrogen) atoms. The summed E-state index contributed by atoms with van der Waals surface area (Å²) in [5, 5.41) is 11.0. The lowest BCUT2D eigenvalue weighted by atomic mass is 10.1. The molecule has 1 saturated carbocycles. The fourth-order valence-corrected chi connectivity index (χ4v) is 3.91. The third-order valence-corrected chi connectivity index (χ3v) is 5.22. The van der Waals surface area contributed by atoms with E-state index in [9.17, 15) is 9.90 Å². The summed E-state index contributed by atoms with van der Waals surface area (Å²) >= 11 is 6.06. The number of nitrogens with zero attached hydrogens (tertiary/aromatic N) is 2. The number of carbonyl (C=O) groups is 1. The van der Waals surface area contributed by atoms with E-state index in [1.54, 1.807) is 0 Å². The van der Waals surface area contributed by atoms with Crippen LogP contribution in [0.5, 0.6) is 0 Å². The number of aliphatic hydroxyl groups is 1. The van der Waals surface area contributed by atoms with Crippen LogP contribution in [0.4, 0.5) is 5.69 Å². The Morgan fingerprint density at radius 1 is 1.26 bits per heavy atom. The van der Waals surface area contributed by atoms with Crippen LogP contribution < -0.4 is 4.90 Å². The zero-order valence-corrected chi connectivity index (χ0v) is 14.1. The molecule has 1 aliphatic heterocycles. The Morgan fingerprint density at radius 2 is 2.00 bits per heavy atom. The zero-order chi connectivity index (χ0) is 16.4. The van der Waals surface area contributed by atoms with Gasteiger partial charge in [0.1, 0.15) is 0 Å². The highest BCUT2D eigenvalue weighted by atomic mass is 35.5. The number of piperazine rings is 1. The lowest BCUT2D eigenvalue weighted by Crippen LogP contribution is -2.52. The smallest absolute Gasteiger partial charge is 0.308 e. The van der Waals surface area contributed by atoms with E-state index in [0.717, 1.165) is 36.9 Å². The minimum Gasteiger partial charge on any atom is -0.469 e. The van der Waals surface area contributed by atoms with Gasteiger partial charge in [-0.3, -0.25) is 9.69 Å². The molecule has 1 saturated heterocycles. The number of anilines is 1. The van der Waals surface area contributed by atoms with Crippen LogP contribution in [0.25, 0.3) is 0 Å². The molecular formula is C17H23ClN2O3. The first-order valence-corrected chi connectivity index (χ1v) is 8.46. The van der Waals surface area contributed by atoms with Gasteiger partial charge in [-0.25, -0.2) is 0 Å². The topological polar surface area (TPSA) is 53.0 Å². The van der Waals surface area contributed by atoms with Crippen molar-refractivity contribution in [2.75, 3.05) is 38.2 Å². The minimum atomic E-state index is -0.447. The van der Waals surface area contributed by atoms with Crippen molar-refractivity contribution in [2.24, 2.45) is 5.92 Å². The van der Waals surface area contributed by atoms with Gasteiger partial charge >= 0.3 is 5.97 Å². The van der Waals surface area contributed by atoms with Gasteiger partial charge in [0.15, 0.2) is 0 Å². The number of aliphatic hydroxyl groups excluding tert-OH is 1. The van der Waals surface area contributed by atoms with Gasteiger partial charge in [-0.2, -0.15) is 0 Å². The molecular weight excluding hydrogens is 316 g/mol. The third-order valence-electron chi connectivity index (χ3n) is 4.99. The summed E-state index contributed by atoms with van der Waals surface area (Å²) < 4.78 is 4.81. The Hall–Kier alpha value is -1.30. The SMILES string of the molecule is COC(=O)[C@H]1C[C@@H](N2CCN(c3cccc(Cl)c3)CC2)[C@@H](O)C1. The molecule has 5 nitrogen and oxygen atoms in total. The summed E-state index contributed by atoms with van der Waals surface area (Å²) in [5.41, 5.74) is 1.14. The van der Waals surface area contributed by atoms with Gasteiger partial charge in [0.05, 0.1) is 19.1 Å². The molecule has 0 amide bonds. The maximum absolute atomic E-state index is 11.7. The number of rotatable bonds is 3. The van der Waals surface area contributed by atoms with Gasteiger partial charge in [-0.1, -0.05) is 17.7 Å². The van der Waals surface area contributed by atoms with E-state index in [0.29, 0.717) is 12.8 Å². The molecule has 1 N–H and O–H groups in total. The summed E-state index contributed by atoms with van der Waals surface area (Å²) in [6.45, 7) is 3.54. The van der Waals surface area contributed by atoms with E-state index >= 15 is 0 Å². The molecule has 0 unspecified atom stereocenters. The molecule has 0 spiro atoms. The molecule has 1 heterocycles. The van der Waals surface area contributed by atoms with Crippen LogP contribution in [-0.2, 0) is 9.53 Å². The van der Waals surface area contributed by atoms with Gasteiger partial charge < -0.3 is 14.7 Å². The molecule has 0 aromatic heterocycles. The largest absolute Gasteiger partial charge is 0.469 e. The van der Waals surface area contributed by atoms with Crippen molar-refractivity contribution in [3.05, 3.63) is 29.3 Å². The Morgan fingerprint density at radius 3 is 2.65 bits per heavy atom. The van der Waals surface area contributed by atoms with Crippen molar-refractivity contribution in [1.82, 2.24) is 4.90 Å². The first-order valence-electron chi connectivity index (χ1n) is 8.09. The second kappa shape index (κ2) is 7.07. The highest BCUT2D eigenvalue weighted by Gasteiger charge is 2.41. The number of benzene rings is 1. The van der Waals surface area contributed by atoms with E-state index in [4.69, 9.17) is 16.3 Å². The second-order valence-electron chi connectivity index (χ2n) is 6.33. The second-order valence-corrected chi connectivity index (χ2v) is 6.77. The number of hydrogen-bond donors (Lipinski definition) is 1. The van der Waals surface area contributed by atoms with Gasteiger partial charge in [0, 0.05) is 42.9 Å². The highest BCUT2D eigenvalue weighted by molar-refractivity contribution is 6.30. The standard InChI is InChI=1S/C17H23ClN2O3/c1-23-17(22)12-9-15(16(21)10-12)20-7-5-19(6-8-20)14-4-2-3-13(18)11-14/h2-4,11-12,15-16,21H,5-10H2,1H3/t12-,15+,16-/m0/s1. The van der Waals surface area contributed by atoms with Crippen molar-refractivity contribution < 1.29 is 14.6 Å². The molecule has 6 heteroatoms. The third kappa shape index (κ3) is 3.62. The Kier molecular flexibility index (Phi) is 5.09. The van der Waals surface area contributed by atoms with E-state index < -0.39 is 6.10 Å². The number of halogens is 1. The first kappa shape index (κ1) is 16.6. The number of carbonyl (C=O) groups excluding carboxylic acids is 1. The van der Waals surface area contributed by atoms with E-state index in [1.807, 2.05) is 18.2 Å². The van der Waals surface area contributed by atoms with Crippen LogP contribution in [0.15, 0.2) is 24.3 Å². The van der Waals surface area contributed by atoms with Gasteiger partial charge in [0.2, 0.25) is 0 Å². The molecule has 1 aliphatic carbocycles. The molecule has 1 aromatic carbocycles. The quantitative estimate of drug-likeness (QED) is 0.851. The lowest BCUT2D eigenvalue weighted by molar-refractivity contribution is -0.145. The Balaban J connectivity index is 1.58. The average molecular weight is 339 g/mol. The van der Waals surface area contributed by atoms with Crippen molar-refractivity contribution in [2.45, 2.75) is 25.0 Å². The van der Waals surface area contributed by atoms with Crippen LogP contribution in [-0.4, -0.2) is 61.4 Å². The zero-order valence-electron chi connectivity index (χ0n) is 13.3. The van der Waals surface area contributed by atoms with Crippen LogP contribution in [0.2, 0.25) is 5.02 Å². The normalized spacial score (nSPS) is 28.8. The molecule has 3 rings (SSSR count). The molecule has 2 aliphatic rings. The van der Waals surface area contributed by atoms with Crippen molar-refractivity contribution >= 4 is 23.3 Å². The Labute approximate surface area is 141 Å². The number of ether oxygens (including phenoxy) is 1. The predicted octanol–water partition coefficient (Wildman–Crippen LogP) is 1.77. The van der Waals surface area contributed by atoms with E-state index in [2.05, 4.69) is 15.9 Å². The summed E-state index contributed by atoms with van der Waals surface area (Å²) in [7, 11) is 1.41. The maximum atomic E-state index is 11.7. The number of methoxy groups -OCH3 is 1. The lowest BCUT2D eigenvalue weighted by Gasteiger charge is -2.40. The van der Waals surface area contributed by atoms with Crippen LogP contribution in [0.1, 0.15) is 12.8 Å². The molecule has 126 valence electrons. The number of esters is 1. The highest BCUT2D eigenvalue weighted by Crippen LogP contribution is 2.32. The monoisotopic (exact) mass is 338 g/mol. The molecule has 1 aromatic rings. The molecule has 0 bridgehead atoms. The summed E-state index contributed by atoms with van der Waals surface area (Å²) in [6, 6.07) is 7.95. The molecule has 3 atom stereocenters. The molecule has 2 fully saturated rings. The van der Waals surface area contributed by atoms with Crippen LogP contribution >= 0.6 is 11.6 Å². The molecule has 0 radical (unpaired) electrons. The summed E-state index contributed by atoms with van der Waals surface area (Å²) in [5.74, 6) is -0.380. The minimum absolute atomic E-state index is 0.0561. The van der Waals surface area contributed by atoms with Crippen LogP contribution in [0, 0.1) is 5.92 Å². The van der Waals surface area contributed by atoms with E-state index in [-0.39, 0.29) is 17.9 Å². The fraction of sp³-hybridized carbons (Fsp3) is 0.588. The average Bonchev–Trinajstić information content (AvgIpc) is 2.96. The summed E-state index contributed by atoms with van der Waals surface area (Å²) in [6.07, 6.45) is 0.744. The number of hydrogen-bond acceptors (Lipinski definition) is 5.